The predicted molar refractivity (Wildman–Crippen MR) is 132 cm³/mol. The number of thiophene rings is 1. The highest BCUT2D eigenvalue weighted by atomic mass is 32.2. The van der Waals surface area contributed by atoms with Crippen LogP contribution in [0.5, 0.6) is 0 Å². The number of hydrogen-bond acceptors (Lipinski definition) is 7. The molecule has 0 aliphatic rings. The molecular weight excluding hydrogens is 472 g/mol. The zero-order valence-corrected chi connectivity index (χ0v) is 19.3. The van der Waals surface area contributed by atoms with Crippen LogP contribution in [0.25, 0.3) is 16.7 Å². The van der Waals surface area contributed by atoms with E-state index < -0.39 is 5.91 Å². The quantitative estimate of drug-likeness (QED) is 0.338. The number of hydrogen-bond donors (Lipinski definition) is 2. The fourth-order valence-corrected chi connectivity index (χ4v) is 5.18. The van der Waals surface area contributed by atoms with Crippen LogP contribution in [0, 0.1) is 0 Å². The van der Waals surface area contributed by atoms with Crippen molar-refractivity contribution in [2.75, 3.05) is 11.1 Å². The second-order valence-electron chi connectivity index (χ2n) is 7.38. The van der Waals surface area contributed by atoms with Crippen LogP contribution in [0.4, 0.5) is 5.00 Å². The summed E-state index contributed by atoms with van der Waals surface area (Å²) in [6.45, 7) is 0.339. The van der Waals surface area contributed by atoms with Crippen molar-refractivity contribution in [3.05, 3.63) is 87.5 Å². The van der Waals surface area contributed by atoms with Crippen molar-refractivity contribution in [1.29, 1.82) is 0 Å². The molecule has 0 spiro atoms. The molecule has 0 bridgehead atoms. The zero-order chi connectivity index (χ0) is 23.7. The first-order valence-electron chi connectivity index (χ1n) is 10.2. The minimum Gasteiger partial charge on any atom is -0.366 e. The maximum Gasteiger partial charge on any atom is 0.263 e. The van der Waals surface area contributed by atoms with Crippen LogP contribution in [0.3, 0.4) is 0 Å². The molecule has 34 heavy (non-hydrogen) atoms. The van der Waals surface area contributed by atoms with Gasteiger partial charge in [0.25, 0.3) is 11.5 Å². The molecule has 0 atom stereocenters. The van der Waals surface area contributed by atoms with Crippen LogP contribution in [0.15, 0.2) is 76.0 Å². The van der Waals surface area contributed by atoms with Gasteiger partial charge in [-0.15, -0.1) is 21.5 Å². The SMILES string of the molecule is NC(=O)c1ccsc1NC(=O)CSc1nnc2n(Cc3ccccc3)c(=O)c3ccccc3n12. The van der Waals surface area contributed by atoms with Crippen molar-refractivity contribution in [3.8, 4) is 0 Å². The van der Waals surface area contributed by atoms with E-state index in [0.717, 1.165) is 5.56 Å². The smallest absolute Gasteiger partial charge is 0.263 e. The van der Waals surface area contributed by atoms with Crippen LogP contribution < -0.4 is 16.6 Å². The zero-order valence-electron chi connectivity index (χ0n) is 17.7. The summed E-state index contributed by atoms with van der Waals surface area (Å²) < 4.78 is 3.37. The van der Waals surface area contributed by atoms with Crippen molar-refractivity contribution < 1.29 is 9.59 Å². The number of primary amides is 1. The molecule has 2 amide bonds. The largest absolute Gasteiger partial charge is 0.366 e. The molecule has 0 aliphatic heterocycles. The average Bonchev–Trinajstić information content (AvgIpc) is 3.48. The number of thioether (sulfide) groups is 1. The van der Waals surface area contributed by atoms with Gasteiger partial charge in [-0.1, -0.05) is 54.2 Å². The number of aromatic nitrogens is 4. The van der Waals surface area contributed by atoms with Crippen molar-refractivity contribution in [2.24, 2.45) is 5.73 Å². The molecule has 11 heteroatoms. The number of anilines is 1. The Labute approximate surface area is 201 Å². The van der Waals surface area contributed by atoms with Gasteiger partial charge >= 0.3 is 0 Å². The standard InChI is InChI=1S/C23H18N6O3S2/c24-19(31)16-10-11-33-20(16)25-18(30)13-34-23-27-26-22-28(12-14-6-2-1-3-7-14)21(32)15-8-4-5-9-17(15)29(22)23/h1-11H,12-13H2,(H2,24,31)(H,25,30). The lowest BCUT2D eigenvalue weighted by Gasteiger charge is -2.11. The number of rotatable bonds is 7. The highest BCUT2D eigenvalue weighted by molar-refractivity contribution is 7.99. The molecule has 0 radical (unpaired) electrons. The molecule has 0 fully saturated rings. The maximum absolute atomic E-state index is 13.3. The first-order chi connectivity index (χ1) is 16.5. The Morgan fingerprint density at radius 3 is 2.59 bits per heavy atom. The van der Waals surface area contributed by atoms with Crippen LogP contribution in [-0.4, -0.2) is 36.7 Å². The molecule has 9 nitrogen and oxygen atoms in total. The summed E-state index contributed by atoms with van der Waals surface area (Å²) in [7, 11) is 0. The molecule has 2 aromatic carbocycles. The number of nitrogens with zero attached hydrogens (tertiary/aromatic N) is 4. The minimum absolute atomic E-state index is 0.0308. The Hall–Kier alpha value is -3.96. The molecule has 5 rings (SSSR count). The number of carbonyl (C=O) groups excluding carboxylic acids is 2. The van der Waals surface area contributed by atoms with Gasteiger partial charge in [0.2, 0.25) is 11.7 Å². The normalized spacial score (nSPS) is 11.2. The minimum atomic E-state index is -0.601. The van der Waals surface area contributed by atoms with Gasteiger partial charge in [-0.25, -0.2) is 0 Å². The van der Waals surface area contributed by atoms with Crippen molar-refractivity contribution in [1.82, 2.24) is 19.2 Å². The third-order valence-corrected chi connectivity index (χ3v) is 6.94. The monoisotopic (exact) mass is 490 g/mol. The molecule has 3 N–H and O–H groups in total. The number of amides is 2. The first kappa shape index (κ1) is 21.9. The summed E-state index contributed by atoms with van der Waals surface area (Å²) >= 11 is 2.41. The van der Waals surface area contributed by atoms with E-state index in [1.807, 2.05) is 48.5 Å². The van der Waals surface area contributed by atoms with E-state index in [1.165, 1.54) is 23.1 Å². The highest BCUT2D eigenvalue weighted by Gasteiger charge is 2.19. The fourth-order valence-electron chi connectivity index (χ4n) is 3.63. The molecule has 3 aromatic heterocycles. The van der Waals surface area contributed by atoms with E-state index in [-0.39, 0.29) is 22.8 Å². The van der Waals surface area contributed by atoms with Gasteiger partial charge in [-0.3, -0.25) is 23.4 Å². The van der Waals surface area contributed by atoms with Gasteiger partial charge in [0.05, 0.1) is 28.8 Å². The van der Waals surface area contributed by atoms with Crippen molar-refractivity contribution >= 4 is 56.6 Å². The van der Waals surface area contributed by atoms with Gasteiger partial charge in [-0.05, 0) is 29.1 Å². The number of nitrogens with one attached hydrogen (secondary N) is 1. The van der Waals surface area contributed by atoms with Crippen LogP contribution in [0.2, 0.25) is 0 Å². The lowest BCUT2D eigenvalue weighted by atomic mass is 10.2. The van der Waals surface area contributed by atoms with Crippen LogP contribution in [-0.2, 0) is 11.3 Å². The number of benzene rings is 2. The number of fused-ring (bicyclic) bond motifs is 3. The van der Waals surface area contributed by atoms with Crippen molar-refractivity contribution in [3.63, 3.8) is 0 Å². The molecule has 0 unspecified atom stereocenters. The Bertz CT molecular complexity index is 1590. The summed E-state index contributed by atoms with van der Waals surface area (Å²) in [5.41, 5.74) is 7.07. The molecule has 3 heterocycles. The van der Waals surface area contributed by atoms with Gasteiger partial charge < -0.3 is 11.1 Å². The van der Waals surface area contributed by atoms with E-state index in [1.54, 1.807) is 26.5 Å². The second kappa shape index (κ2) is 9.12. The van der Waals surface area contributed by atoms with Crippen molar-refractivity contribution in [2.45, 2.75) is 11.7 Å². The van der Waals surface area contributed by atoms with Gasteiger partial charge in [0.1, 0.15) is 5.00 Å². The molecule has 0 saturated carbocycles. The van der Waals surface area contributed by atoms with Gasteiger partial charge in [0, 0.05) is 0 Å². The topological polar surface area (TPSA) is 124 Å². The van der Waals surface area contributed by atoms with E-state index in [4.69, 9.17) is 5.73 Å². The third-order valence-electron chi connectivity index (χ3n) is 5.18. The second-order valence-corrected chi connectivity index (χ2v) is 9.24. The third kappa shape index (κ3) is 4.06. The number of carbonyl (C=O) groups is 2. The molecule has 0 aliphatic carbocycles. The van der Waals surface area contributed by atoms with E-state index in [2.05, 4.69) is 15.5 Å². The molecular formula is C23H18N6O3S2. The fraction of sp³-hybridized carbons (Fsp3) is 0.0870. The molecule has 5 aromatic rings. The van der Waals surface area contributed by atoms with Crippen LogP contribution >= 0.6 is 23.1 Å². The van der Waals surface area contributed by atoms with Crippen LogP contribution in [0.1, 0.15) is 15.9 Å². The first-order valence-corrected chi connectivity index (χ1v) is 12.1. The Balaban J connectivity index is 1.49. The Morgan fingerprint density at radius 2 is 1.79 bits per heavy atom. The van der Waals surface area contributed by atoms with Gasteiger partial charge in [-0.2, -0.15) is 0 Å². The number of para-hydroxylation sites is 1. The number of nitrogens with two attached hydrogens (primary N) is 1. The predicted octanol–water partition coefficient (Wildman–Crippen LogP) is 2.98. The Morgan fingerprint density at radius 1 is 1.03 bits per heavy atom. The average molecular weight is 491 g/mol. The summed E-state index contributed by atoms with van der Waals surface area (Å²) in [6.07, 6.45) is 0. The lowest BCUT2D eigenvalue weighted by molar-refractivity contribution is -0.113. The Kier molecular flexibility index (Phi) is 5.86. The summed E-state index contributed by atoms with van der Waals surface area (Å²) in [6, 6.07) is 18.5. The molecule has 0 saturated heterocycles. The van der Waals surface area contributed by atoms with E-state index in [0.29, 0.717) is 33.4 Å². The summed E-state index contributed by atoms with van der Waals surface area (Å²) in [5, 5.41) is 14.4. The van der Waals surface area contributed by atoms with E-state index >= 15 is 0 Å². The summed E-state index contributed by atoms with van der Waals surface area (Å²) in [5.74, 6) is -0.489. The van der Waals surface area contributed by atoms with Gasteiger partial charge in [0.15, 0.2) is 5.16 Å². The van der Waals surface area contributed by atoms with E-state index in [9.17, 15) is 14.4 Å². The lowest BCUT2D eigenvalue weighted by Crippen LogP contribution is -2.24. The maximum atomic E-state index is 13.3. The summed E-state index contributed by atoms with van der Waals surface area (Å²) in [4.78, 5) is 37.3. The highest BCUT2D eigenvalue weighted by Crippen LogP contribution is 2.25. The molecule has 170 valence electrons.